The van der Waals surface area contributed by atoms with Gasteiger partial charge in [-0.25, -0.2) is 0 Å². The molecule has 0 spiro atoms. The molecule has 1 fully saturated rings. The van der Waals surface area contributed by atoms with Crippen molar-refractivity contribution in [3.05, 3.63) is 0 Å². The van der Waals surface area contributed by atoms with Crippen molar-refractivity contribution in [2.24, 2.45) is 0 Å². The maximum absolute atomic E-state index is 12.3. The number of hydrogen-bond donors (Lipinski definition) is 2. The van der Waals surface area contributed by atoms with Gasteiger partial charge in [-0.2, -0.15) is 17.4 Å². The van der Waals surface area contributed by atoms with E-state index in [1.807, 2.05) is 0 Å². The average molecular weight is 322 g/mol. The minimum absolute atomic E-state index is 0.149. The summed E-state index contributed by atoms with van der Waals surface area (Å²) in [6, 6.07) is -1.51. The van der Waals surface area contributed by atoms with Crippen molar-refractivity contribution in [3.8, 4) is 0 Å². The molecule has 122 valence electrons. The van der Waals surface area contributed by atoms with Gasteiger partial charge in [-0.3, -0.25) is 9.59 Å². The van der Waals surface area contributed by atoms with E-state index in [1.54, 1.807) is 6.92 Å². The second-order valence-electron chi connectivity index (χ2n) is 5.08. The molecule has 9 heteroatoms. The molecule has 0 bridgehead atoms. The normalized spacial score (nSPS) is 21.7. The number of esters is 1. The minimum atomic E-state index is -3.88. The van der Waals surface area contributed by atoms with Crippen LogP contribution in [0.15, 0.2) is 0 Å². The Kier molecular flexibility index (Phi) is 6.56. The van der Waals surface area contributed by atoms with Crippen LogP contribution >= 0.6 is 0 Å². The molecule has 1 aliphatic heterocycles. The number of rotatable bonds is 7. The van der Waals surface area contributed by atoms with Crippen LogP contribution < -0.4 is 4.72 Å². The molecule has 8 nitrogen and oxygen atoms in total. The SMILES string of the molecule is COC(=O)CCC(NS(=O)(=O)N1CCCCC1C)C(=O)O. The van der Waals surface area contributed by atoms with Gasteiger partial charge in [0.2, 0.25) is 0 Å². The van der Waals surface area contributed by atoms with E-state index in [0.717, 1.165) is 19.3 Å². The Balaban J connectivity index is 2.72. The maximum Gasteiger partial charge on any atom is 0.321 e. The van der Waals surface area contributed by atoms with Crippen LogP contribution in [0.5, 0.6) is 0 Å². The number of nitrogens with one attached hydrogen (secondary N) is 1. The summed E-state index contributed by atoms with van der Waals surface area (Å²) in [7, 11) is -2.69. The Morgan fingerprint density at radius 1 is 1.43 bits per heavy atom. The van der Waals surface area contributed by atoms with Crippen LogP contribution in [0.3, 0.4) is 0 Å². The van der Waals surface area contributed by atoms with Crippen LogP contribution in [0.1, 0.15) is 39.0 Å². The third kappa shape index (κ3) is 5.25. The zero-order chi connectivity index (χ0) is 16.0. The second-order valence-corrected chi connectivity index (χ2v) is 6.74. The Bertz CT molecular complexity index is 478. The summed E-state index contributed by atoms with van der Waals surface area (Å²) in [4.78, 5) is 22.2. The lowest BCUT2D eigenvalue weighted by Crippen LogP contribution is -2.52. The fourth-order valence-corrected chi connectivity index (χ4v) is 3.94. The Morgan fingerprint density at radius 2 is 2.10 bits per heavy atom. The van der Waals surface area contributed by atoms with Gasteiger partial charge in [-0.05, 0) is 26.2 Å². The van der Waals surface area contributed by atoms with Gasteiger partial charge in [-0.15, -0.1) is 0 Å². The van der Waals surface area contributed by atoms with E-state index in [-0.39, 0.29) is 18.9 Å². The van der Waals surface area contributed by atoms with Crippen molar-refractivity contribution in [1.29, 1.82) is 0 Å². The highest BCUT2D eigenvalue weighted by Gasteiger charge is 2.33. The number of carbonyl (C=O) groups is 2. The van der Waals surface area contributed by atoms with Gasteiger partial charge in [0.05, 0.1) is 7.11 Å². The molecule has 0 amide bonds. The summed E-state index contributed by atoms with van der Waals surface area (Å²) in [6.07, 6.45) is 2.15. The molecule has 0 radical (unpaired) electrons. The molecular formula is C12H22N2O6S. The van der Waals surface area contributed by atoms with Gasteiger partial charge in [0.25, 0.3) is 10.2 Å². The number of hydrogen-bond acceptors (Lipinski definition) is 5. The molecule has 2 unspecified atom stereocenters. The summed E-state index contributed by atoms with van der Waals surface area (Å²) in [5.74, 6) is -1.89. The molecular weight excluding hydrogens is 300 g/mol. The monoisotopic (exact) mass is 322 g/mol. The van der Waals surface area contributed by atoms with E-state index >= 15 is 0 Å². The number of carboxylic acids is 1. The number of aliphatic carboxylic acids is 1. The van der Waals surface area contributed by atoms with E-state index in [1.165, 1.54) is 11.4 Å². The maximum atomic E-state index is 12.3. The number of piperidine rings is 1. The quantitative estimate of drug-likeness (QED) is 0.643. The molecule has 2 atom stereocenters. The van der Waals surface area contributed by atoms with Gasteiger partial charge in [0, 0.05) is 19.0 Å². The van der Waals surface area contributed by atoms with E-state index in [0.29, 0.717) is 6.54 Å². The highest BCUT2D eigenvalue weighted by molar-refractivity contribution is 7.87. The molecule has 1 saturated heterocycles. The number of ether oxygens (including phenoxy) is 1. The zero-order valence-electron chi connectivity index (χ0n) is 12.2. The fourth-order valence-electron chi connectivity index (χ4n) is 2.27. The van der Waals surface area contributed by atoms with Gasteiger partial charge in [0.15, 0.2) is 0 Å². The number of nitrogens with zero attached hydrogens (tertiary/aromatic N) is 1. The van der Waals surface area contributed by atoms with Crippen molar-refractivity contribution in [2.45, 2.75) is 51.1 Å². The van der Waals surface area contributed by atoms with Crippen LogP contribution in [-0.2, 0) is 24.5 Å². The van der Waals surface area contributed by atoms with Gasteiger partial charge in [0.1, 0.15) is 6.04 Å². The molecule has 0 aliphatic carbocycles. The van der Waals surface area contributed by atoms with E-state index < -0.39 is 28.2 Å². The predicted octanol–water partition coefficient (Wildman–Crippen LogP) is 0.102. The lowest BCUT2D eigenvalue weighted by atomic mass is 10.1. The molecule has 1 aliphatic rings. The lowest BCUT2D eigenvalue weighted by molar-refractivity contribution is -0.142. The topological polar surface area (TPSA) is 113 Å². The highest BCUT2D eigenvalue weighted by atomic mass is 32.2. The summed E-state index contributed by atoms with van der Waals surface area (Å²) in [5, 5.41) is 9.09. The highest BCUT2D eigenvalue weighted by Crippen LogP contribution is 2.19. The number of methoxy groups -OCH3 is 1. The van der Waals surface area contributed by atoms with E-state index in [9.17, 15) is 18.0 Å². The van der Waals surface area contributed by atoms with Gasteiger partial charge in [-0.1, -0.05) is 6.42 Å². The summed E-state index contributed by atoms with van der Waals surface area (Å²) >= 11 is 0. The molecule has 0 aromatic carbocycles. The Labute approximate surface area is 124 Å². The minimum Gasteiger partial charge on any atom is -0.480 e. The van der Waals surface area contributed by atoms with Gasteiger partial charge < -0.3 is 9.84 Å². The van der Waals surface area contributed by atoms with Crippen molar-refractivity contribution >= 4 is 22.1 Å². The van der Waals surface area contributed by atoms with Crippen LogP contribution in [0.25, 0.3) is 0 Å². The third-order valence-electron chi connectivity index (χ3n) is 3.50. The summed E-state index contributed by atoms with van der Waals surface area (Å²) in [5.41, 5.74) is 0. The first kappa shape index (κ1) is 17.9. The third-order valence-corrected chi connectivity index (χ3v) is 5.25. The van der Waals surface area contributed by atoms with Crippen LogP contribution in [0.4, 0.5) is 0 Å². The largest absolute Gasteiger partial charge is 0.480 e. The molecule has 1 rings (SSSR count). The first-order valence-electron chi connectivity index (χ1n) is 6.86. The van der Waals surface area contributed by atoms with Gasteiger partial charge >= 0.3 is 11.9 Å². The van der Waals surface area contributed by atoms with Crippen molar-refractivity contribution in [1.82, 2.24) is 9.03 Å². The molecule has 1 heterocycles. The molecule has 2 N–H and O–H groups in total. The first-order valence-corrected chi connectivity index (χ1v) is 8.30. The second kappa shape index (κ2) is 7.71. The van der Waals surface area contributed by atoms with Crippen LogP contribution in [0.2, 0.25) is 0 Å². The van der Waals surface area contributed by atoms with Crippen molar-refractivity contribution in [2.75, 3.05) is 13.7 Å². The predicted molar refractivity (Wildman–Crippen MR) is 74.7 cm³/mol. The van der Waals surface area contributed by atoms with Crippen molar-refractivity contribution < 1.29 is 27.9 Å². The van der Waals surface area contributed by atoms with E-state index in [2.05, 4.69) is 9.46 Å². The molecule has 0 aromatic heterocycles. The van der Waals surface area contributed by atoms with Crippen molar-refractivity contribution in [3.63, 3.8) is 0 Å². The zero-order valence-corrected chi connectivity index (χ0v) is 13.1. The Hall–Kier alpha value is -1.19. The number of carbonyl (C=O) groups excluding carboxylic acids is 1. The first-order chi connectivity index (χ1) is 9.77. The lowest BCUT2D eigenvalue weighted by Gasteiger charge is -2.33. The van der Waals surface area contributed by atoms with Crippen LogP contribution in [-0.4, -0.2) is 55.5 Å². The van der Waals surface area contributed by atoms with E-state index in [4.69, 9.17) is 5.11 Å². The summed E-state index contributed by atoms with van der Waals surface area (Å²) in [6.45, 7) is 2.17. The molecule has 0 saturated carbocycles. The Morgan fingerprint density at radius 3 is 2.62 bits per heavy atom. The fraction of sp³-hybridized carbons (Fsp3) is 0.833. The van der Waals surface area contributed by atoms with Crippen LogP contribution in [0, 0.1) is 0 Å². The molecule has 21 heavy (non-hydrogen) atoms. The standard InChI is InChI=1S/C12H22N2O6S/c1-9-5-3-4-8-14(9)21(18,19)13-10(12(16)17)6-7-11(15)20-2/h9-10,13H,3-8H2,1-2H3,(H,16,17). The smallest absolute Gasteiger partial charge is 0.321 e. The average Bonchev–Trinajstić information content (AvgIpc) is 2.42. The number of carboxylic acid groups (broad SMARTS) is 1. The summed E-state index contributed by atoms with van der Waals surface area (Å²) < 4.78 is 32.4. The molecule has 0 aromatic rings.